The molecule has 0 aliphatic heterocycles. The molecule has 0 aromatic heterocycles. The molecular formula is C25H28ClF2NO6S. The number of benzene rings is 2. The maximum absolute atomic E-state index is 13.6. The summed E-state index contributed by atoms with van der Waals surface area (Å²) < 4.78 is 53.9. The number of amides is 1. The summed E-state index contributed by atoms with van der Waals surface area (Å²) in [6.07, 6.45) is -0.318. The molecule has 0 radical (unpaired) electrons. The smallest absolute Gasteiger partial charge is 0.255 e. The van der Waals surface area contributed by atoms with E-state index in [0.29, 0.717) is 12.8 Å². The van der Waals surface area contributed by atoms with Crippen LogP contribution in [0.5, 0.6) is 0 Å². The molecule has 2 saturated carbocycles. The van der Waals surface area contributed by atoms with Crippen LogP contribution in [-0.4, -0.2) is 52.2 Å². The molecule has 0 heterocycles. The van der Waals surface area contributed by atoms with E-state index in [1.807, 2.05) is 0 Å². The quantitative estimate of drug-likeness (QED) is 0.440. The fourth-order valence-corrected chi connectivity index (χ4v) is 8.03. The number of hydrogen-bond acceptors (Lipinski definition) is 6. The Morgan fingerprint density at radius 3 is 2.28 bits per heavy atom. The molecular weight excluding hydrogens is 516 g/mol. The molecule has 0 spiro atoms. The van der Waals surface area contributed by atoms with Gasteiger partial charge < -0.3 is 20.6 Å². The number of hydrogen-bond donors (Lipinski definition) is 4. The lowest BCUT2D eigenvalue weighted by atomic mass is 9.68. The largest absolute Gasteiger partial charge is 0.388 e. The van der Waals surface area contributed by atoms with Gasteiger partial charge in [-0.2, -0.15) is 0 Å². The van der Waals surface area contributed by atoms with Crippen molar-refractivity contribution < 1.29 is 37.3 Å². The van der Waals surface area contributed by atoms with E-state index < -0.39 is 61.8 Å². The standard InChI is InChI=1S/C25H28ClF2NO6S/c1-24(2,32)23(31)25(33)14-4-5-15(25)11-17(10-14)36(34,35)21-9-13(3-7-18(21)26)22(30)29-16-6-8-19(27)20(28)12-16/h3,6-9,12,14-15,17,23,31-33H,4-5,10-11H2,1-2H3,(H,29,30)/t14-,15?,17-,23+,25-/m0/s1. The summed E-state index contributed by atoms with van der Waals surface area (Å²) in [6.45, 7) is 2.79. The van der Waals surface area contributed by atoms with E-state index >= 15 is 0 Å². The summed E-state index contributed by atoms with van der Waals surface area (Å²) in [5.74, 6) is -4.04. The zero-order valence-corrected chi connectivity index (χ0v) is 21.3. The molecule has 1 amide bonds. The summed E-state index contributed by atoms with van der Waals surface area (Å²) in [5.41, 5.74) is -3.23. The molecule has 2 fully saturated rings. The van der Waals surface area contributed by atoms with Gasteiger partial charge in [-0.25, -0.2) is 17.2 Å². The van der Waals surface area contributed by atoms with E-state index in [4.69, 9.17) is 11.6 Å². The van der Waals surface area contributed by atoms with Crippen molar-refractivity contribution in [1.29, 1.82) is 0 Å². The van der Waals surface area contributed by atoms with Crippen molar-refractivity contribution >= 4 is 33.0 Å². The number of aliphatic hydroxyl groups excluding tert-OH is 1. The molecule has 2 bridgehead atoms. The molecule has 0 saturated heterocycles. The maximum atomic E-state index is 13.6. The topological polar surface area (TPSA) is 124 Å². The van der Waals surface area contributed by atoms with Crippen molar-refractivity contribution in [3.63, 3.8) is 0 Å². The van der Waals surface area contributed by atoms with E-state index in [-0.39, 0.29) is 34.0 Å². The molecule has 11 heteroatoms. The van der Waals surface area contributed by atoms with Crippen LogP contribution in [0.15, 0.2) is 41.3 Å². The molecule has 2 aromatic carbocycles. The van der Waals surface area contributed by atoms with E-state index in [0.717, 1.165) is 18.2 Å². The lowest BCUT2D eigenvalue weighted by molar-refractivity contribution is -0.200. The lowest BCUT2D eigenvalue weighted by Gasteiger charge is -2.48. The highest BCUT2D eigenvalue weighted by atomic mass is 35.5. The first-order chi connectivity index (χ1) is 16.7. The highest BCUT2D eigenvalue weighted by Gasteiger charge is 2.61. The van der Waals surface area contributed by atoms with Crippen LogP contribution in [0.25, 0.3) is 0 Å². The highest BCUT2D eigenvalue weighted by Crippen LogP contribution is 2.54. The van der Waals surface area contributed by atoms with Crippen LogP contribution in [0.1, 0.15) is 49.9 Å². The first-order valence-corrected chi connectivity index (χ1v) is 13.5. The van der Waals surface area contributed by atoms with E-state index in [1.165, 1.54) is 32.0 Å². The van der Waals surface area contributed by atoms with Crippen molar-refractivity contribution in [3.05, 3.63) is 58.6 Å². The third-order valence-corrected chi connectivity index (χ3v) is 10.1. The van der Waals surface area contributed by atoms with Crippen molar-refractivity contribution in [1.82, 2.24) is 0 Å². The van der Waals surface area contributed by atoms with Crippen LogP contribution in [0.3, 0.4) is 0 Å². The number of halogens is 3. The SMILES string of the molecule is CC(C)(O)[C@@H](O)[C@@]1(O)C2CC[C@H]1C[C@H](S(=O)(=O)c1cc(C(=O)Nc3ccc(F)c(F)c3)ccc1Cl)C2. The number of sulfone groups is 1. The Bertz CT molecular complexity index is 1280. The molecule has 36 heavy (non-hydrogen) atoms. The summed E-state index contributed by atoms with van der Waals surface area (Å²) in [5, 5.41) is 33.7. The average molecular weight is 544 g/mol. The third-order valence-electron chi connectivity index (χ3n) is 7.49. The second-order valence-electron chi connectivity index (χ2n) is 10.3. The molecule has 4 N–H and O–H groups in total. The van der Waals surface area contributed by atoms with Crippen LogP contribution in [-0.2, 0) is 9.84 Å². The Kier molecular flexibility index (Phi) is 6.98. The Hall–Kier alpha value is -2.11. The summed E-state index contributed by atoms with van der Waals surface area (Å²) >= 11 is 6.23. The van der Waals surface area contributed by atoms with Crippen LogP contribution < -0.4 is 5.32 Å². The maximum Gasteiger partial charge on any atom is 0.255 e. The number of rotatable bonds is 6. The van der Waals surface area contributed by atoms with Gasteiger partial charge in [-0.1, -0.05) is 11.6 Å². The minimum atomic E-state index is -4.05. The average Bonchev–Trinajstić information content (AvgIpc) is 2.97. The molecule has 4 rings (SSSR count). The Morgan fingerprint density at radius 1 is 1.11 bits per heavy atom. The van der Waals surface area contributed by atoms with Gasteiger partial charge in [-0.05, 0) is 81.7 Å². The number of carbonyl (C=O) groups excluding carboxylic acids is 1. The van der Waals surface area contributed by atoms with Gasteiger partial charge in [0.25, 0.3) is 5.91 Å². The number of nitrogens with one attached hydrogen (secondary N) is 1. The Balaban J connectivity index is 1.59. The zero-order chi connectivity index (χ0) is 26.6. The normalized spacial score (nSPS) is 27.1. The lowest BCUT2D eigenvalue weighted by Crippen LogP contribution is -2.62. The van der Waals surface area contributed by atoms with Crippen molar-refractivity contribution in [2.45, 2.75) is 67.0 Å². The van der Waals surface area contributed by atoms with Crippen molar-refractivity contribution in [2.24, 2.45) is 11.8 Å². The fourth-order valence-electron chi connectivity index (χ4n) is 5.63. The predicted octanol–water partition coefficient (Wildman–Crippen LogP) is 3.70. The van der Waals surface area contributed by atoms with Crippen molar-refractivity contribution in [3.8, 4) is 0 Å². The molecule has 196 valence electrons. The van der Waals surface area contributed by atoms with Crippen molar-refractivity contribution in [2.75, 3.05) is 5.32 Å². The second-order valence-corrected chi connectivity index (χ2v) is 12.9. The molecule has 2 aliphatic carbocycles. The first-order valence-electron chi connectivity index (χ1n) is 11.6. The highest BCUT2D eigenvalue weighted by molar-refractivity contribution is 7.92. The molecule has 2 aliphatic rings. The van der Waals surface area contributed by atoms with E-state index in [1.54, 1.807) is 0 Å². The van der Waals surface area contributed by atoms with Gasteiger partial charge in [0.05, 0.1) is 26.4 Å². The minimum Gasteiger partial charge on any atom is -0.388 e. The number of carbonyl (C=O) groups is 1. The Labute approximate surface area is 213 Å². The van der Waals surface area contributed by atoms with Gasteiger partial charge in [-0.3, -0.25) is 4.79 Å². The van der Waals surface area contributed by atoms with Gasteiger partial charge in [0, 0.05) is 17.3 Å². The molecule has 7 nitrogen and oxygen atoms in total. The molecule has 2 aromatic rings. The molecule has 1 unspecified atom stereocenters. The van der Waals surface area contributed by atoms with Gasteiger partial charge in [0.1, 0.15) is 6.10 Å². The van der Waals surface area contributed by atoms with E-state index in [2.05, 4.69) is 5.32 Å². The van der Waals surface area contributed by atoms with Gasteiger partial charge in [0.15, 0.2) is 21.5 Å². The minimum absolute atomic E-state index is 0.00763. The van der Waals surface area contributed by atoms with Crippen LogP contribution >= 0.6 is 11.6 Å². The van der Waals surface area contributed by atoms with Gasteiger partial charge in [-0.15, -0.1) is 0 Å². The first kappa shape index (κ1) is 26.9. The number of anilines is 1. The van der Waals surface area contributed by atoms with Crippen LogP contribution in [0.2, 0.25) is 5.02 Å². The van der Waals surface area contributed by atoms with Gasteiger partial charge >= 0.3 is 0 Å². The third kappa shape index (κ3) is 4.65. The van der Waals surface area contributed by atoms with Crippen LogP contribution in [0.4, 0.5) is 14.5 Å². The summed E-state index contributed by atoms with van der Waals surface area (Å²) in [4.78, 5) is 12.4. The summed E-state index contributed by atoms with van der Waals surface area (Å²) in [6, 6.07) is 6.57. The summed E-state index contributed by atoms with van der Waals surface area (Å²) in [7, 11) is -4.05. The van der Waals surface area contributed by atoms with Crippen LogP contribution in [0, 0.1) is 23.5 Å². The number of aliphatic hydroxyl groups is 3. The second kappa shape index (κ2) is 9.33. The monoisotopic (exact) mass is 543 g/mol. The van der Waals surface area contributed by atoms with Gasteiger partial charge in [0.2, 0.25) is 0 Å². The zero-order valence-electron chi connectivity index (χ0n) is 19.7. The predicted molar refractivity (Wildman–Crippen MR) is 129 cm³/mol. The molecule has 5 atom stereocenters. The fraction of sp³-hybridized carbons (Fsp3) is 0.480. The van der Waals surface area contributed by atoms with E-state index in [9.17, 15) is 37.3 Å². The number of fused-ring (bicyclic) bond motifs is 2. The Morgan fingerprint density at radius 2 is 1.72 bits per heavy atom.